The molecule has 216 valence electrons. The fraction of sp³-hybridized carbons (Fsp3) is 0.216. The van der Waals surface area contributed by atoms with Gasteiger partial charge in [-0.15, -0.1) is 0 Å². The van der Waals surface area contributed by atoms with Crippen molar-refractivity contribution in [3.8, 4) is 0 Å². The Kier molecular flexibility index (Phi) is 12.5. The number of carbonyl (C=O) groups is 1. The predicted molar refractivity (Wildman–Crippen MR) is 165 cm³/mol. The maximum atomic E-state index is 13.3. The number of ether oxygens (including phenoxy) is 4. The first-order chi connectivity index (χ1) is 20.6. The van der Waals surface area contributed by atoms with Crippen LogP contribution in [0.3, 0.4) is 0 Å². The second-order valence-electron chi connectivity index (χ2n) is 9.94. The van der Waals surface area contributed by atoms with Crippen LogP contribution in [0.15, 0.2) is 146 Å². The lowest BCUT2D eigenvalue weighted by Crippen LogP contribution is -2.47. The maximum Gasteiger partial charge on any atom is 0.186 e. The molecule has 42 heavy (non-hydrogen) atoms. The highest BCUT2D eigenvalue weighted by molar-refractivity contribution is 5.93. The molecule has 0 saturated carbocycles. The van der Waals surface area contributed by atoms with Gasteiger partial charge in [0.2, 0.25) is 0 Å². The molecular formula is C37H38O5. The number of hydrogen-bond acceptors (Lipinski definition) is 5. The molecule has 0 aliphatic rings. The van der Waals surface area contributed by atoms with E-state index in [1.165, 1.54) is 6.08 Å². The van der Waals surface area contributed by atoms with Crippen LogP contribution in [0.1, 0.15) is 22.3 Å². The van der Waals surface area contributed by atoms with Crippen LogP contribution in [0.25, 0.3) is 0 Å². The van der Waals surface area contributed by atoms with Crippen LogP contribution in [-0.2, 0) is 50.2 Å². The lowest BCUT2D eigenvalue weighted by Gasteiger charge is -2.34. The molecule has 0 spiro atoms. The quantitative estimate of drug-likeness (QED) is 0.0943. The average Bonchev–Trinajstić information content (AvgIpc) is 3.05. The zero-order valence-electron chi connectivity index (χ0n) is 23.8. The molecule has 4 aromatic carbocycles. The van der Waals surface area contributed by atoms with Gasteiger partial charge in [0.25, 0.3) is 0 Å². The van der Waals surface area contributed by atoms with Gasteiger partial charge in [0.1, 0.15) is 18.3 Å². The summed E-state index contributed by atoms with van der Waals surface area (Å²) < 4.78 is 25.3. The average molecular weight is 563 g/mol. The van der Waals surface area contributed by atoms with Gasteiger partial charge in [-0.2, -0.15) is 0 Å². The van der Waals surface area contributed by atoms with Gasteiger partial charge in [-0.05, 0) is 33.9 Å². The van der Waals surface area contributed by atoms with Crippen molar-refractivity contribution in [2.75, 3.05) is 6.61 Å². The smallest absolute Gasteiger partial charge is 0.186 e. The summed E-state index contributed by atoms with van der Waals surface area (Å²) in [6.45, 7) is 9.48. The highest BCUT2D eigenvalue weighted by Crippen LogP contribution is 2.24. The highest BCUT2D eigenvalue weighted by atomic mass is 16.6. The number of hydrogen-bond donors (Lipinski definition) is 0. The molecule has 5 heteroatoms. The van der Waals surface area contributed by atoms with E-state index < -0.39 is 18.3 Å². The summed E-state index contributed by atoms with van der Waals surface area (Å²) in [6.07, 6.45) is -1.25. The molecule has 0 fully saturated rings. The topological polar surface area (TPSA) is 54.0 Å². The van der Waals surface area contributed by atoms with Crippen LogP contribution in [0.5, 0.6) is 0 Å². The summed E-state index contributed by atoms with van der Waals surface area (Å²) in [4.78, 5) is 13.3. The second kappa shape index (κ2) is 17.0. The van der Waals surface area contributed by atoms with Crippen LogP contribution in [0.4, 0.5) is 0 Å². The van der Waals surface area contributed by atoms with Crippen LogP contribution < -0.4 is 0 Å². The van der Waals surface area contributed by atoms with E-state index in [1.54, 1.807) is 0 Å². The van der Waals surface area contributed by atoms with Crippen molar-refractivity contribution in [1.82, 2.24) is 0 Å². The molecule has 0 amide bonds. The SMILES string of the molecule is C=CC(=O)[C@@H](OCc1ccccc1)[C@@H](OCc1ccccc1)[C@H](OCc1ccccc1)C(=C)COCc1ccccc1. The first-order valence-corrected chi connectivity index (χ1v) is 14.1. The Bertz CT molecular complexity index is 1360. The molecule has 0 heterocycles. The molecule has 3 atom stereocenters. The molecule has 0 N–H and O–H groups in total. The lowest BCUT2D eigenvalue weighted by atomic mass is 9.98. The molecule has 0 aliphatic carbocycles. The van der Waals surface area contributed by atoms with E-state index in [1.807, 2.05) is 121 Å². The van der Waals surface area contributed by atoms with Crippen molar-refractivity contribution in [3.63, 3.8) is 0 Å². The summed E-state index contributed by atoms with van der Waals surface area (Å²) in [6, 6.07) is 39.3. The third-order valence-corrected chi connectivity index (χ3v) is 6.71. The van der Waals surface area contributed by atoms with Gasteiger partial charge in [-0.1, -0.05) is 134 Å². The van der Waals surface area contributed by atoms with Gasteiger partial charge in [0.15, 0.2) is 5.78 Å². The third-order valence-electron chi connectivity index (χ3n) is 6.71. The summed E-state index contributed by atoms with van der Waals surface area (Å²) in [7, 11) is 0. The summed E-state index contributed by atoms with van der Waals surface area (Å²) in [5.74, 6) is -0.296. The number of ketones is 1. The van der Waals surface area contributed by atoms with Crippen molar-refractivity contribution in [3.05, 3.63) is 168 Å². The van der Waals surface area contributed by atoms with E-state index in [0.717, 1.165) is 22.3 Å². The van der Waals surface area contributed by atoms with Gasteiger partial charge in [0.05, 0.1) is 33.0 Å². The minimum absolute atomic E-state index is 0.216. The van der Waals surface area contributed by atoms with E-state index in [9.17, 15) is 4.79 Å². The van der Waals surface area contributed by atoms with E-state index in [4.69, 9.17) is 18.9 Å². The van der Waals surface area contributed by atoms with E-state index >= 15 is 0 Å². The standard InChI is InChI=1S/C37H38O5/c1-3-34(38)36(41-27-32-20-12-6-13-21-32)37(42-28-33-22-14-7-15-23-33)35(40-26-31-18-10-5-11-19-31)29(2)24-39-25-30-16-8-4-9-17-30/h3-23,35-37H,1-2,24-28H2/t35-,36-,37+/m1/s1. The zero-order chi connectivity index (χ0) is 29.4. The Labute approximate surface area is 249 Å². The molecule has 0 radical (unpaired) electrons. The minimum Gasteiger partial charge on any atom is -0.372 e. The first kappa shape index (κ1) is 30.8. The Morgan fingerprint density at radius 2 is 0.952 bits per heavy atom. The Morgan fingerprint density at radius 3 is 1.38 bits per heavy atom. The predicted octanol–water partition coefficient (Wildman–Crippen LogP) is 7.27. The summed E-state index contributed by atoms with van der Waals surface area (Å²) >= 11 is 0. The molecule has 0 aromatic heterocycles. The van der Waals surface area contributed by atoms with Crippen molar-refractivity contribution in [1.29, 1.82) is 0 Å². The summed E-state index contributed by atoms with van der Waals surface area (Å²) in [5, 5.41) is 0. The molecular weight excluding hydrogens is 524 g/mol. The van der Waals surface area contributed by atoms with Crippen molar-refractivity contribution in [2.45, 2.75) is 44.7 Å². The van der Waals surface area contributed by atoms with Gasteiger partial charge in [-0.3, -0.25) is 4.79 Å². The fourth-order valence-corrected chi connectivity index (χ4v) is 4.48. The minimum atomic E-state index is -0.988. The number of benzene rings is 4. The van der Waals surface area contributed by atoms with E-state index in [-0.39, 0.29) is 25.6 Å². The molecule has 5 nitrogen and oxygen atoms in total. The largest absolute Gasteiger partial charge is 0.372 e. The van der Waals surface area contributed by atoms with Crippen molar-refractivity contribution in [2.24, 2.45) is 0 Å². The van der Waals surface area contributed by atoms with E-state index in [2.05, 4.69) is 13.2 Å². The molecule has 0 saturated heterocycles. The van der Waals surface area contributed by atoms with Crippen molar-refractivity contribution < 1.29 is 23.7 Å². The van der Waals surface area contributed by atoms with Crippen molar-refractivity contribution >= 4 is 5.78 Å². The van der Waals surface area contributed by atoms with Crippen LogP contribution in [0, 0.1) is 0 Å². The van der Waals surface area contributed by atoms with E-state index in [0.29, 0.717) is 18.8 Å². The molecule has 4 aromatic rings. The monoisotopic (exact) mass is 562 g/mol. The highest BCUT2D eigenvalue weighted by Gasteiger charge is 2.37. The van der Waals surface area contributed by atoms with Crippen LogP contribution >= 0.6 is 0 Å². The van der Waals surface area contributed by atoms with Gasteiger partial charge >= 0.3 is 0 Å². The molecule has 0 bridgehead atoms. The van der Waals surface area contributed by atoms with Gasteiger partial charge in [0, 0.05) is 0 Å². The molecule has 0 unspecified atom stereocenters. The van der Waals surface area contributed by atoms with Crippen LogP contribution in [-0.4, -0.2) is 30.7 Å². The second-order valence-corrected chi connectivity index (χ2v) is 9.94. The molecule has 4 rings (SSSR count). The lowest BCUT2D eigenvalue weighted by molar-refractivity contribution is -0.159. The fourth-order valence-electron chi connectivity index (χ4n) is 4.48. The molecule has 0 aliphatic heterocycles. The van der Waals surface area contributed by atoms with Gasteiger partial charge < -0.3 is 18.9 Å². The Balaban J connectivity index is 1.60. The first-order valence-electron chi connectivity index (χ1n) is 14.1. The summed E-state index contributed by atoms with van der Waals surface area (Å²) in [5.41, 5.74) is 4.58. The normalized spacial score (nSPS) is 13.1. The Hall–Kier alpha value is -4.13. The third kappa shape index (κ3) is 9.75. The van der Waals surface area contributed by atoms with Crippen LogP contribution in [0.2, 0.25) is 0 Å². The van der Waals surface area contributed by atoms with Gasteiger partial charge in [-0.25, -0.2) is 0 Å². The Morgan fingerprint density at radius 1 is 0.571 bits per heavy atom. The number of rotatable bonds is 18. The zero-order valence-corrected chi connectivity index (χ0v) is 23.8. The number of carbonyl (C=O) groups excluding carboxylic acids is 1. The maximum absolute atomic E-state index is 13.3.